The lowest BCUT2D eigenvalue weighted by Gasteiger charge is -2.09. The minimum atomic E-state index is 0.0448. The molecule has 0 radical (unpaired) electrons. The maximum atomic E-state index is 11.6. The summed E-state index contributed by atoms with van der Waals surface area (Å²) < 4.78 is 2.00. The SMILES string of the molecule is CC(C)NC(=O)CCn1ccc2c(C=O)cccc21. The molecule has 0 saturated carbocycles. The van der Waals surface area contributed by atoms with Crippen LogP contribution < -0.4 is 5.32 Å². The Morgan fingerprint density at radius 3 is 2.84 bits per heavy atom. The first-order valence-electron chi connectivity index (χ1n) is 6.44. The zero-order chi connectivity index (χ0) is 13.8. The number of aromatic nitrogens is 1. The summed E-state index contributed by atoms with van der Waals surface area (Å²) >= 11 is 0. The van der Waals surface area contributed by atoms with Crippen LogP contribution in [0.15, 0.2) is 30.5 Å². The smallest absolute Gasteiger partial charge is 0.221 e. The van der Waals surface area contributed by atoms with E-state index in [4.69, 9.17) is 0 Å². The Balaban J connectivity index is 2.14. The Morgan fingerprint density at radius 1 is 1.37 bits per heavy atom. The highest BCUT2D eigenvalue weighted by Gasteiger charge is 2.07. The zero-order valence-corrected chi connectivity index (χ0v) is 11.2. The van der Waals surface area contributed by atoms with E-state index in [9.17, 15) is 9.59 Å². The molecule has 0 fully saturated rings. The van der Waals surface area contributed by atoms with Gasteiger partial charge in [-0.05, 0) is 26.0 Å². The molecule has 1 N–H and O–H groups in total. The van der Waals surface area contributed by atoms with Crippen LogP contribution in [-0.2, 0) is 11.3 Å². The first kappa shape index (κ1) is 13.3. The molecule has 0 aliphatic heterocycles. The van der Waals surface area contributed by atoms with Crippen LogP contribution in [-0.4, -0.2) is 22.8 Å². The highest BCUT2D eigenvalue weighted by molar-refractivity contribution is 5.97. The fraction of sp³-hybridized carbons (Fsp3) is 0.333. The molecule has 19 heavy (non-hydrogen) atoms. The quantitative estimate of drug-likeness (QED) is 0.837. The number of carbonyl (C=O) groups excluding carboxylic acids is 2. The van der Waals surface area contributed by atoms with Gasteiger partial charge >= 0.3 is 0 Å². The maximum Gasteiger partial charge on any atom is 0.221 e. The molecule has 0 unspecified atom stereocenters. The Labute approximate surface area is 112 Å². The van der Waals surface area contributed by atoms with Gasteiger partial charge in [-0.25, -0.2) is 0 Å². The van der Waals surface area contributed by atoms with Crippen LogP contribution >= 0.6 is 0 Å². The summed E-state index contributed by atoms with van der Waals surface area (Å²) in [5.41, 5.74) is 1.67. The van der Waals surface area contributed by atoms with Crippen molar-refractivity contribution in [2.45, 2.75) is 32.9 Å². The predicted molar refractivity (Wildman–Crippen MR) is 75.2 cm³/mol. The second-order valence-corrected chi connectivity index (χ2v) is 4.88. The molecule has 0 saturated heterocycles. The van der Waals surface area contributed by atoms with E-state index >= 15 is 0 Å². The van der Waals surface area contributed by atoms with Crippen LogP contribution in [0.5, 0.6) is 0 Å². The highest BCUT2D eigenvalue weighted by Crippen LogP contribution is 2.19. The summed E-state index contributed by atoms with van der Waals surface area (Å²) in [7, 11) is 0. The van der Waals surface area contributed by atoms with E-state index in [0.29, 0.717) is 18.5 Å². The number of hydrogen-bond donors (Lipinski definition) is 1. The number of amides is 1. The second-order valence-electron chi connectivity index (χ2n) is 4.88. The van der Waals surface area contributed by atoms with Crippen molar-refractivity contribution in [3.63, 3.8) is 0 Å². The topological polar surface area (TPSA) is 51.1 Å². The summed E-state index contributed by atoms with van der Waals surface area (Å²) in [5.74, 6) is 0.0448. The largest absolute Gasteiger partial charge is 0.354 e. The fourth-order valence-electron chi connectivity index (χ4n) is 2.16. The molecule has 2 rings (SSSR count). The van der Waals surface area contributed by atoms with Gasteiger partial charge in [0.2, 0.25) is 5.91 Å². The number of benzene rings is 1. The van der Waals surface area contributed by atoms with Gasteiger partial charge in [-0.2, -0.15) is 0 Å². The fourth-order valence-corrected chi connectivity index (χ4v) is 2.16. The van der Waals surface area contributed by atoms with E-state index in [1.165, 1.54) is 0 Å². The molecule has 0 bridgehead atoms. The number of fused-ring (bicyclic) bond motifs is 1. The number of hydrogen-bond acceptors (Lipinski definition) is 2. The Morgan fingerprint density at radius 2 is 2.16 bits per heavy atom. The summed E-state index contributed by atoms with van der Waals surface area (Å²) in [4.78, 5) is 22.6. The molecule has 1 aromatic carbocycles. The molecule has 0 spiro atoms. The molecule has 4 heteroatoms. The van der Waals surface area contributed by atoms with Gasteiger partial charge in [-0.15, -0.1) is 0 Å². The van der Waals surface area contributed by atoms with Crippen LogP contribution in [0.1, 0.15) is 30.6 Å². The average Bonchev–Trinajstić information content (AvgIpc) is 2.78. The van der Waals surface area contributed by atoms with Crippen molar-refractivity contribution in [2.75, 3.05) is 0 Å². The van der Waals surface area contributed by atoms with Crippen LogP contribution in [0.2, 0.25) is 0 Å². The van der Waals surface area contributed by atoms with E-state index in [0.717, 1.165) is 17.2 Å². The molecular formula is C15H18N2O2. The number of carbonyl (C=O) groups is 2. The lowest BCUT2D eigenvalue weighted by atomic mass is 10.1. The van der Waals surface area contributed by atoms with Crippen molar-refractivity contribution in [3.05, 3.63) is 36.0 Å². The Kier molecular flexibility index (Phi) is 4.00. The zero-order valence-electron chi connectivity index (χ0n) is 11.2. The van der Waals surface area contributed by atoms with Crippen LogP contribution in [0.25, 0.3) is 10.9 Å². The number of nitrogens with one attached hydrogen (secondary N) is 1. The third kappa shape index (κ3) is 3.02. The Bertz CT molecular complexity index is 599. The third-order valence-electron chi connectivity index (χ3n) is 3.00. The highest BCUT2D eigenvalue weighted by atomic mass is 16.1. The number of aldehydes is 1. The standard InChI is InChI=1S/C15H18N2O2/c1-11(2)16-15(19)7-9-17-8-6-13-12(10-18)4-3-5-14(13)17/h3-6,8,10-11H,7,9H2,1-2H3,(H,16,19). The van der Waals surface area contributed by atoms with Crippen LogP contribution in [0.3, 0.4) is 0 Å². The van der Waals surface area contributed by atoms with E-state index in [2.05, 4.69) is 5.32 Å². The maximum absolute atomic E-state index is 11.6. The summed E-state index contributed by atoms with van der Waals surface area (Å²) in [6, 6.07) is 7.69. The van der Waals surface area contributed by atoms with Crippen molar-refractivity contribution in [3.8, 4) is 0 Å². The van der Waals surface area contributed by atoms with E-state index in [-0.39, 0.29) is 11.9 Å². The lowest BCUT2D eigenvalue weighted by Crippen LogP contribution is -2.30. The van der Waals surface area contributed by atoms with Crippen LogP contribution in [0.4, 0.5) is 0 Å². The molecule has 0 aliphatic rings. The summed E-state index contributed by atoms with van der Waals surface area (Å²) in [5, 5.41) is 3.80. The lowest BCUT2D eigenvalue weighted by molar-refractivity contribution is -0.121. The van der Waals surface area contributed by atoms with Crippen molar-refractivity contribution in [2.24, 2.45) is 0 Å². The third-order valence-corrected chi connectivity index (χ3v) is 3.00. The van der Waals surface area contributed by atoms with Gasteiger partial charge in [-0.1, -0.05) is 12.1 Å². The molecule has 1 aromatic heterocycles. The van der Waals surface area contributed by atoms with Gasteiger partial charge in [-0.3, -0.25) is 9.59 Å². The van der Waals surface area contributed by atoms with E-state index < -0.39 is 0 Å². The number of nitrogens with zero attached hydrogens (tertiary/aromatic N) is 1. The molecule has 0 atom stereocenters. The monoisotopic (exact) mass is 258 g/mol. The molecule has 100 valence electrons. The average molecular weight is 258 g/mol. The van der Waals surface area contributed by atoms with Crippen molar-refractivity contribution >= 4 is 23.1 Å². The van der Waals surface area contributed by atoms with E-state index in [1.807, 2.05) is 42.8 Å². The molecule has 1 heterocycles. The minimum Gasteiger partial charge on any atom is -0.354 e. The van der Waals surface area contributed by atoms with Gasteiger partial charge in [0.05, 0.1) is 0 Å². The summed E-state index contributed by atoms with van der Waals surface area (Å²) in [6.07, 6.45) is 3.21. The molecule has 1 amide bonds. The van der Waals surface area contributed by atoms with Gasteiger partial charge in [0, 0.05) is 41.7 Å². The van der Waals surface area contributed by atoms with Gasteiger partial charge in [0.1, 0.15) is 0 Å². The van der Waals surface area contributed by atoms with E-state index in [1.54, 1.807) is 6.07 Å². The van der Waals surface area contributed by atoms with Crippen molar-refractivity contribution in [1.82, 2.24) is 9.88 Å². The number of rotatable bonds is 5. The van der Waals surface area contributed by atoms with Crippen LogP contribution in [0, 0.1) is 0 Å². The van der Waals surface area contributed by atoms with Gasteiger partial charge < -0.3 is 9.88 Å². The van der Waals surface area contributed by atoms with Gasteiger partial charge in [0.25, 0.3) is 0 Å². The second kappa shape index (κ2) is 5.69. The molecular weight excluding hydrogens is 240 g/mol. The first-order chi connectivity index (χ1) is 9.11. The predicted octanol–water partition coefficient (Wildman–Crippen LogP) is 2.37. The molecule has 0 aliphatic carbocycles. The molecule has 4 nitrogen and oxygen atoms in total. The summed E-state index contributed by atoms with van der Waals surface area (Å²) in [6.45, 7) is 4.50. The number of aryl methyl sites for hydroxylation is 1. The van der Waals surface area contributed by atoms with Crippen molar-refractivity contribution < 1.29 is 9.59 Å². The first-order valence-corrected chi connectivity index (χ1v) is 6.44. The van der Waals surface area contributed by atoms with Crippen molar-refractivity contribution in [1.29, 1.82) is 0 Å². The normalized spacial score (nSPS) is 10.9. The minimum absolute atomic E-state index is 0.0448. The molecule has 2 aromatic rings. The van der Waals surface area contributed by atoms with Gasteiger partial charge in [0.15, 0.2) is 6.29 Å². The Hall–Kier alpha value is -2.10.